The fourth-order valence-electron chi connectivity index (χ4n) is 3.77. The third-order valence-electron chi connectivity index (χ3n) is 5.63. The molecular formula is C23H21ClIN5OS. The van der Waals surface area contributed by atoms with E-state index in [1.54, 1.807) is 0 Å². The first kappa shape index (κ1) is 21.7. The third-order valence-corrected chi connectivity index (χ3v) is 7.94. The van der Waals surface area contributed by atoms with E-state index < -0.39 is 0 Å². The van der Waals surface area contributed by atoms with Gasteiger partial charge in [0, 0.05) is 45.7 Å². The molecule has 1 aliphatic rings. The van der Waals surface area contributed by atoms with Gasteiger partial charge in [-0.25, -0.2) is 0 Å². The van der Waals surface area contributed by atoms with Crippen LogP contribution in [0.15, 0.2) is 42.6 Å². The summed E-state index contributed by atoms with van der Waals surface area (Å²) in [5.74, 6) is 0.0615. The lowest BCUT2D eigenvalue weighted by atomic mass is 10.00. The van der Waals surface area contributed by atoms with Gasteiger partial charge in [0.25, 0.3) is 0 Å². The van der Waals surface area contributed by atoms with E-state index >= 15 is 0 Å². The number of aromatic amines is 1. The Hall–Kier alpha value is -2.14. The summed E-state index contributed by atoms with van der Waals surface area (Å²) >= 11 is 10.00. The minimum absolute atomic E-state index is 0.0615. The summed E-state index contributed by atoms with van der Waals surface area (Å²) in [5, 5.41) is 20.6. The Labute approximate surface area is 208 Å². The number of benzene rings is 2. The number of nitrogens with zero attached hydrogens (tertiary/aromatic N) is 4. The van der Waals surface area contributed by atoms with Crippen LogP contribution >= 0.6 is 45.5 Å². The fourth-order valence-corrected chi connectivity index (χ4v) is 5.85. The molecule has 1 fully saturated rings. The first-order chi connectivity index (χ1) is 15.5. The molecule has 6 nitrogen and oxygen atoms in total. The van der Waals surface area contributed by atoms with Gasteiger partial charge in [-0.1, -0.05) is 35.1 Å². The van der Waals surface area contributed by atoms with Crippen LogP contribution in [0.25, 0.3) is 22.6 Å². The van der Waals surface area contributed by atoms with Crippen LogP contribution < -0.4 is 4.90 Å². The fraction of sp³-hybridized carbons (Fsp3) is 0.217. The number of hydrogen-bond acceptors (Lipinski definition) is 6. The Morgan fingerprint density at radius 1 is 1.19 bits per heavy atom. The maximum absolute atomic E-state index is 10.9. The SMILES string of the molecule is CN1CCN(c2nc(O)c(C(=Cc3ccc(Cl)cc3I)c3ccc4[nH]ncc4c3)s2)CC1. The number of aromatic hydroxyl groups is 1. The number of nitrogens with one attached hydrogen (secondary N) is 1. The summed E-state index contributed by atoms with van der Waals surface area (Å²) in [6, 6.07) is 12.0. The van der Waals surface area contributed by atoms with Crippen LogP contribution in [-0.2, 0) is 0 Å². The van der Waals surface area contributed by atoms with Crippen molar-refractivity contribution in [3.8, 4) is 5.88 Å². The molecule has 2 N–H and O–H groups in total. The number of halogens is 2. The Balaban J connectivity index is 1.62. The summed E-state index contributed by atoms with van der Waals surface area (Å²) < 4.78 is 1.04. The van der Waals surface area contributed by atoms with Crippen LogP contribution in [0.3, 0.4) is 0 Å². The molecule has 9 heteroatoms. The molecule has 0 spiro atoms. The number of piperazine rings is 1. The molecule has 1 aliphatic heterocycles. The predicted molar refractivity (Wildman–Crippen MR) is 141 cm³/mol. The monoisotopic (exact) mass is 577 g/mol. The summed E-state index contributed by atoms with van der Waals surface area (Å²) in [7, 11) is 2.13. The van der Waals surface area contributed by atoms with Gasteiger partial charge >= 0.3 is 0 Å². The summed E-state index contributed by atoms with van der Waals surface area (Å²) in [5.41, 5.74) is 3.92. The molecule has 0 radical (unpaired) electrons. The molecule has 0 atom stereocenters. The van der Waals surface area contributed by atoms with Crippen molar-refractivity contribution in [1.82, 2.24) is 20.1 Å². The average Bonchev–Trinajstić information content (AvgIpc) is 3.40. The van der Waals surface area contributed by atoms with Crippen molar-refractivity contribution < 1.29 is 5.11 Å². The highest BCUT2D eigenvalue weighted by molar-refractivity contribution is 14.1. The molecule has 1 saturated heterocycles. The highest BCUT2D eigenvalue weighted by atomic mass is 127. The van der Waals surface area contributed by atoms with E-state index in [-0.39, 0.29) is 5.88 Å². The van der Waals surface area contributed by atoms with Crippen LogP contribution in [0.5, 0.6) is 5.88 Å². The van der Waals surface area contributed by atoms with Crippen molar-refractivity contribution in [2.45, 2.75) is 0 Å². The minimum atomic E-state index is 0.0615. The molecule has 0 aliphatic carbocycles. The van der Waals surface area contributed by atoms with Crippen LogP contribution in [0, 0.1) is 3.57 Å². The predicted octanol–water partition coefficient (Wildman–Crippen LogP) is 5.32. The van der Waals surface area contributed by atoms with Crippen LogP contribution in [-0.4, -0.2) is 58.4 Å². The topological polar surface area (TPSA) is 68.3 Å². The largest absolute Gasteiger partial charge is 0.492 e. The van der Waals surface area contributed by atoms with E-state index in [9.17, 15) is 5.11 Å². The van der Waals surface area contributed by atoms with E-state index in [2.05, 4.69) is 66.8 Å². The molecule has 32 heavy (non-hydrogen) atoms. The lowest BCUT2D eigenvalue weighted by Crippen LogP contribution is -2.44. The highest BCUT2D eigenvalue weighted by Crippen LogP contribution is 2.41. The number of fused-ring (bicyclic) bond motifs is 1. The number of H-pyrrole nitrogens is 1. The number of rotatable bonds is 4. The lowest BCUT2D eigenvalue weighted by molar-refractivity contribution is 0.312. The molecule has 0 saturated carbocycles. The molecule has 164 valence electrons. The number of hydrogen-bond donors (Lipinski definition) is 2. The maximum Gasteiger partial charge on any atom is 0.232 e. The molecule has 4 aromatic rings. The smallest absolute Gasteiger partial charge is 0.232 e. The standard InChI is InChI=1S/C23H21ClIN5OS/c1-29-6-8-30(9-7-29)23-27-22(31)21(32-23)18(11-15-2-4-17(24)12-19(15)25)14-3-5-20-16(10-14)13-26-28-20/h2-5,10-13,31H,6-9H2,1H3,(H,26,28). The van der Waals surface area contributed by atoms with Gasteiger partial charge in [-0.2, -0.15) is 10.1 Å². The average molecular weight is 578 g/mol. The third kappa shape index (κ3) is 4.36. The molecule has 0 unspecified atom stereocenters. The summed E-state index contributed by atoms with van der Waals surface area (Å²) in [4.78, 5) is 9.84. The number of thiazole rings is 1. The quantitative estimate of drug-likeness (QED) is 0.254. The van der Waals surface area contributed by atoms with Crippen LogP contribution in [0.1, 0.15) is 16.0 Å². The molecule has 0 amide bonds. The zero-order chi connectivity index (χ0) is 22.2. The Bertz CT molecular complexity index is 1310. The van der Waals surface area contributed by atoms with Gasteiger partial charge in [-0.15, -0.1) is 0 Å². The van der Waals surface area contributed by atoms with Crippen molar-refractivity contribution in [2.75, 3.05) is 38.1 Å². The highest BCUT2D eigenvalue weighted by Gasteiger charge is 2.22. The number of aromatic nitrogens is 3. The van der Waals surface area contributed by atoms with Crippen molar-refractivity contribution in [3.05, 3.63) is 67.2 Å². The van der Waals surface area contributed by atoms with Crippen molar-refractivity contribution >= 4 is 73.2 Å². The first-order valence-electron chi connectivity index (χ1n) is 10.2. The zero-order valence-corrected chi connectivity index (χ0v) is 21.1. The number of likely N-dealkylation sites (N-methyl/N-ethyl adjacent to an activating group) is 1. The van der Waals surface area contributed by atoms with Gasteiger partial charge in [-0.3, -0.25) is 5.10 Å². The first-order valence-corrected chi connectivity index (χ1v) is 12.5. The molecule has 0 bridgehead atoms. The Kier molecular flexibility index (Phi) is 6.11. The van der Waals surface area contributed by atoms with Gasteiger partial charge in [-0.05, 0) is 71.1 Å². The molecule has 5 rings (SSSR count). The van der Waals surface area contributed by atoms with E-state index in [1.807, 2.05) is 36.5 Å². The second-order valence-corrected chi connectivity index (χ2v) is 10.4. The van der Waals surface area contributed by atoms with Gasteiger partial charge in [0.15, 0.2) is 5.13 Å². The van der Waals surface area contributed by atoms with Crippen molar-refractivity contribution in [2.24, 2.45) is 0 Å². The normalized spacial score (nSPS) is 15.6. The molecule has 2 aromatic carbocycles. The molecular weight excluding hydrogens is 557 g/mol. The van der Waals surface area contributed by atoms with E-state index in [1.165, 1.54) is 11.3 Å². The van der Waals surface area contributed by atoms with Crippen LogP contribution in [0.4, 0.5) is 5.13 Å². The lowest BCUT2D eigenvalue weighted by Gasteiger charge is -2.31. The summed E-state index contributed by atoms with van der Waals surface area (Å²) in [6.45, 7) is 3.77. The Morgan fingerprint density at radius 2 is 2.00 bits per heavy atom. The minimum Gasteiger partial charge on any atom is -0.492 e. The molecule has 3 heterocycles. The van der Waals surface area contributed by atoms with Gasteiger partial charge in [0.2, 0.25) is 5.88 Å². The van der Waals surface area contributed by atoms with Crippen molar-refractivity contribution in [3.63, 3.8) is 0 Å². The second-order valence-electron chi connectivity index (χ2n) is 7.84. The maximum atomic E-state index is 10.9. The van der Waals surface area contributed by atoms with Gasteiger partial charge in [0.1, 0.15) is 4.88 Å². The van der Waals surface area contributed by atoms with E-state index in [0.717, 1.165) is 67.4 Å². The van der Waals surface area contributed by atoms with Gasteiger partial charge < -0.3 is 14.9 Å². The van der Waals surface area contributed by atoms with Gasteiger partial charge in [0.05, 0.1) is 11.7 Å². The number of anilines is 1. The summed E-state index contributed by atoms with van der Waals surface area (Å²) in [6.07, 6.45) is 3.91. The second kappa shape index (κ2) is 9.01. The zero-order valence-electron chi connectivity index (χ0n) is 17.3. The van der Waals surface area contributed by atoms with Crippen molar-refractivity contribution in [1.29, 1.82) is 0 Å². The van der Waals surface area contributed by atoms with E-state index in [4.69, 9.17) is 11.6 Å². The molecule has 2 aromatic heterocycles. The van der Waals surface area contributed by atoms with Crippen LogP contribution in [0.2, 0.25) is 5.02 Å². The Morgan fingerprint density at radius 3 is 2.78 bits per heavy atom. The van der Waals surface area contributed by atoms with E-state index in [0.29, 0.717) is 5.02 Å².